The molecule has 0 unspecified atom stereocenters. The highest BCUT2D eigenvalue weighted by atomic mass is 16.5. The normalized spacial score (nSPS) is 10.7. The first kappa shape index (κ1) is 16.7. The fourth-order valence-electron chi connectivity index (χ4n) is 2.85. The van der Waals surface area contributed by atoms with Crippen molar-refractivity contribution in [3.63, 3.8) is 0 Å². The second kappa shape index (κ2) is 7.21. The highest BCUT2D eigenvalue weighted by Gasteiger charge is 2.06. The predicted octanol–water partition coefficient (Wildman–Crippen LogP) is 3.91. The third kappa shape index (κ3) is 3.74. The maximum atomic E-state index is 11.9. The molecule has 0 amide bonds. The van der Waals surface area contributed by atoms with Gasteiger partial charge in [0.05, 0.1) is 5.52 Å². The van der Waals surface area contributed by atoms with Gasteiger partial charge in [-0.1, -0.05) is 24.3 Å². The minimum Gasteiger partial charge on any atom is -0.456 e. The number of nitrogen functional groups attached to an aromatic ring is 1. The number of rotatable bonds is 5. The van der Waals surface area contributed by atoms with Gasteiger partial charge in [0.2, 0.25) is 0 Å². The van der Waals surface area contributed by atoms with Crippen molar-refractivity contribution < 1.29 is 4.74 Å². The molecule has 6 nitrogen and oxygen atoms in total. The first-order valence-electron chi connectivity index (χ1n) is 8.52. The van der Waals surface area contributed by atoms with Gasteiger partial charge in [-0.15, -0.1) is 0 Å². The smallest absolute Gasteiger partial charge is 0.252 e. The van der Waals surface area contributed by atoms with Crippen molar-refractivity contribution in [2.75, 3.05) is 11.1 Å². The second-order valence-electron chi connectivity index (χ2n) is 6.07. The summed E-state index contributed by atoms with van der Waals surface area (Å²) >= 11 is 0. The highest BCUT2D eigenvalue weighted by molar-refractivity contribution is 5.84. The van der Waals surface area contributed by atoms with E-state index in [2.05, 4.69) is 15.3 Å². The number of anilines is 2. The number of nitrogens with one attached hydrogen (secondary N) is 2. The summed E-state index contributed by atoms with van der Waals surface area (Å²) in [6.07, 6.45) is 1.67. The monoisotopic (exact) mass is 358 g/mol. The molecule has 27 heavy (non-hydrogen) atoms. The zero-order chi connectivity index (χ0) is 18.6. The first-order chi connectivity index (χ1) is 13.2. The number of nitrogens with two attached hydrogens (primary N) is 1. The van der Waals surface area contributed by atoms with Gasteiger partial charge in [0.15, 0.2) is 0 Å². The molecule has 0 bridgehead atoms. The predicted molar refractivity (Wildman–Crippen MR) is 107 cm³/mol. The van der Waals surface area contributed by atoms with Gasteiger partial charge in [0.25, 0.3) is 5.56 Å². The number of ether oxygens (including phenoxy) is 1. The molecule has 6 heteroatoms. The Morgan fingerprint density at radius 3 is 2.81 bits per heavy atom. The van der Waals surface area contributed by atoms with Gasteiger partial charge in [-0.2, -0.15) is 0 Å². The van der Waals surface area contributed by atoms with E-state index in [0.717, 1.165) is 22.2 Å². The van der Waals surface area contributed by atoms with Crippen molar-refractivity contribution in [2.45, 2.75) is 6.54 Å². The van der Waals surface area contributed by atoms with Gasteiger partial charge in [-0.05, 0) is 30.3 Å². The lowest BCUT2D eigenvalue weighted by Gasteiger charge is -2.11. The van der Waals surface area contributed by atoms with Gasteiger partial charge in [-0.3, -0.25) is 4.79 Å². The van der Waals surface area contributed by atoms with E-state index in [1.54, 1.807) is 6.20 Å². The Kier molecular flexibility index (Phi) is 4.45. The average molecular weight is 358 g/mol. The van der Waals surface area contributed by atoms with Crippen LogP contribution in [0.4, 0.5) is 11.5 Å². The minimum absolute atomic E-state index is 0.204. The van der Waals surface area contributed by atoms with Crippen LogP contribution in [0.5, 0.6) is 11.5 Å². The van der Waals surface area contributed by atoms with E-state index in [4.69, 9.17) is 10.5 Å². The molecule has 0 aliphatic rings. The molecular formula is C21H18N4O2. The van der Waals surface area contributed by atoms with Crippen LogP contribution in [0, 0.1) is 0 Å². The number of aromatic amines is 1. The number of H-pyrrole nitrogens is 1. The van der Waals surface area contributed by atoms with Crippen LogP contribution in [0.25, 0.3) is 10.9 Å². The summed E-state index contributed by atoms with van der Waals surface area (Å²) < 4.78 is 5.99. The molecule has 0 saturated carbocycles. The summed E-state index contributed by atoms with van der Waals surface area (Å²) in [5, 5.41) is 4.15. The van der Waals surface area contributed by atoms with Crippen LogP contribution in [0.15, 0.2) is 77.7 Å². The van der Waals surface area contributed by atoms with Gasteiger partial charge < -0.3 is 20.8 Å². The summed E-state index contributed by atoms with van der Waals surface area (Å²) in [5.74, 6) is 1.66. The molecule has 4 aromatic rings. The summed E-state index contributed by atoms with van der Waals surface area (Å²) in [6, 6.07) is 20.3. The maximum Gasteiger partial charge on any atom is 0.252 e. The van der Waals surface area contributed by atoms with Crippen LogP contribution in [-0.2, 0) is 6.54 Å². The van der Waals surface area contributed by atoms with Crippen molar-refractivity contribution in [2.24, 2.45) is 0 Å². The summed E-state index contributed by atoms with van der Waals surface area (Å²) in [5.41, 5.74) is 8.21. The van der Waals surface area contributed by atoms with Crippen LogP contribution < -0.4 is 21.3 Å². The van der Waals surface area contributed by atoms with Crippen molar-refractivity contribution in [3.8, 4) is 11.5 Å². The second-order valence-corrected chi connectivity index (χ2v) is 6.07. The van der Waals surface area contributed by atoms with Crippen LogP contribution in [0.3, 0.4) is 0 Å². The van der Waals surface area contributed by atoms with E-state index in [1.165, 1.54) is 6.07 Å². The van der Waals surface area contributed by atoms with Gasteiger partial charge in [-0.25, -0.2) is 4.98 Å². The third-order valence-corrected chi connectivity index (χ3v) is 4.18. The highest BCUT2D eigenvalue weighted by Crippen LogP contribution is 2.29. The molecule has 2 aromatic carbocycles. The van der Waals surface area contributed by atoms with Crippen molar-refractivity contribution >= 4 is 22.4 Å². The van der Waals surface area contributed by atoms with Crippen molar-refractivity contribution in [1.82, 2.24) is 9.97 Å². The largest absolute Gasteiger partial charge is 0.456 e. The average Bonchev–Trinajstić information content (AvgIpc) is 2.67. The molecule has 0 radical (unpaired) electrons. The fourth-order valence-corrected chi connectivity index (χ4v) is 2.85. The number of hydrogen-bond donors (Lipinski definition) is 3. The molecule has 0 atom stereocenters. The van der Waals surface area contributed by atoms with Gasteiger partial charge in [0, 0.05) is 41.5 Å². The number of nitrogens with zero attached hydrogens (tertiary/aromatic N) is 1. The fraction of sp³-hybridized carbons (Fsp3) is 0.0476. The molecule has 2 heterocycles. The van der Waals surface area contributed by atoms with E-state index in [-0.39, 0.29) is 5.56 Å². The number of para-hydroxylation sites is 1. The van der Waals surface area contributed by atoms with E-state index < -0.39 is 0 Å². The van der Waals surface area contributed by atoms with Crippen LogP contribution in [-0.4, -0.2) is 9.97 Å². The molecule has 0 spiro atoms. The lowest BCUT2D eigenvalue weighted by molar-refractivity contribution is 0.487. The Bertz CT molecular complexity index is 1150. The van der Waals surface area contributed by atoms with E-state index >= 15 is 0 Å². The lowest BCUT2D eigenvalue weighted by atomic mass is 10.2. The Balaban J connectivity index is 1.57. The standard InChI is InChI=1S/C21H18N4O2/c22-21-14(5-4-10-23-21)13-24-15-6-3-7-16(11-15)27-19-12-20(26)25-18-9-2-1-8-17(18)19/h1-12,24H,13H2,(H2,22,23)(H,25,26). The van der Waals surface area contributed by atoms with Crippen LogP contribution in [0.1, 0.15) is 5.56 Å². The number of fused-ring (bicyclic) bond motifs is 1. The quantitative estimate of drug-likeness (QED) is 0.503. The molecule has 0 fully saturated rings. The molecule has 134 valence electrons. The molecule has 2 aromatic heterocycles. The molecule has 0 aliphatic heterocycles. The third-order valence-electron chi connectivity index (χ3n) is 4.18. The van der Waals surface area contributed by atoms with Crippen LogP contribution >= 0.6 is 0 Å². The van der Waals surface area contributed by atoms with E-state index in [0.29, 0.717) is 23.9 Å². The number of pyridine rings is 2. The van der Waals surface area contributed by atoms with E-state index in [1.807, 2.05) is 60.7 Å². The Hall–Kier alpha value is -3.80. The molecule has 0 aliphatic carbocycles. The summed E-state index contributed by atoms with van der Waals surface area (Å²) in [7, 11) is 0. The molecular weight excluding hydrogens is 340 g/mol. The summed E-state index contributed by atoms with van der Waals surface area (Å²) in [6.45, 7) is 0.553. The topological polar surface area (TPSA) is 93.0 Å². The number of benzene rings is 2. The Morgan fingerprint density at radius 2 is 1.93 bits per heavy atom. The zero-order valence-corrected chi connectivity index (χ0v) is 14.5. The maximum absolute atomic E-state index is 11.9. The molecule has 4 N–H and O–H groups in total. The SMILES string of the molecule is Nc1ncccc1CNc1cccc(Oc2cc(=O)[nH]c3ccccc23)c1. The van der Waals surface area contributed by atoms with Gasteiger partial charge >= 0.3 is 0 Å². The first-order valence-corrected chi connectivity index (χ1v) is 8.52. The van der Waals surface area contributed by atoms with Crippen LogP contribution in [0.2, 0.25) is 0 Å². The summed E-state index contributed by atoms with van der Waals surface area (Å²) in [4.78, 5) is 18.8. The Morgan fingerprint density at radius 1 is 1.04 bits per heavy atom. The number of hydrogen-bond acceptors (Lipinski definition) is 5. The van der Waals surface area contributed by atoms with Crippen molar-refractivity contribution in [1.29, 1.82) is 0 Å². The lowest BCUT2D eigenvalue weighted by Crippen LogP contribution is -2.05. The zero-order valence-electron chi connectivity index (χ0n) is 14.5. The molecule has 0 saturated heterocycles. The Labute approximate surface area is 155 Å². The van der Waals surface area contributed by atoms with E-state index in [9.17, 15) is 4.79 Å². The number of aromatic nitrogens is 2. The molecule has 4 rings (SSSR count). The minimum atomic E-state index is -0.204. The van der Waals surface area contributed by atoms with Crippen molar-refractivity contribution in [3.05, 3.63) is 88.8 Å². The van der Waals surface area contributed by atoms with Gasteiger partial charge in [0.1, 0.15) is 17.3 Å².